The Morgan fingerprint density at radius 3 is 1.63 bits per heavy atom. The van der Waals surface area contributed by atoms with Crippen LogP contribution in [0.4, 0.5) is 0 Å². The highest BCUT2D eigenvalue weighted by atomic mass is 16.7. The Bertz CT molecular complexity index is 1690. The molecule has 3 aliphatic rings. The molecule has 1 aliphatic heterocycles. The third-order valence-electron chi connectivity index (χ3n) is 9.96. The quantitative estimate of drug-likeness (QED) is 0.295. The second-order valence-electron chi connectivity index (χ2n) is 13.9. The molecule has 14 heteroatoms. The number of esters is 6. The zero-order chi connectivity index (χ0) is 37.5. The lowest BCUT2D eigenvalue weighted by Crippen LogP contribution is -2.85. The molecule has 2 aromatic carbocycles. The van der Waals surface area contributed by atoms with Gasteiger partial charge in [-0.1, -0.05) is 36.4 Å². The number of aliphatic hydroxyl groups is 1. The van der Waals surface area contributed by atoms with Crippen molar-refractivity contribution >= 4 is 35.8 Å². The molecule has 0 unspecified atom stereocenters. The fourth-order valence-electron chi connectivity index (χ4n) is 8.39. The number of benzene rings is 2. The summed E-state index contributed by atoms with van der Waals surface area (Å²) in [5.74, 6) is -6.32. The number of carbonyl (C=O) groups excluding carboxylic acids is 6. The molecule has 1 N–H and O–H groups in total. The van der Waals surface area contributed by atoms with Crippen molar-refractivity contribution in [1.82, 2.24) is 0 Å². The highest BCUT2D eigenvalue weighted by Gasteiger charge is 2.89. The maximum atomic E-state index is 14.1. The Kier molecular flexibility index (Phi) is 10.1. The van der Waals surface area contributed by atoms with Crippen molar-refractivity contribution in [2.45, 2.75) is 102 Å². The number of hydrogen-bond donors (Lipinski definition) is 1. The molecule has 51 heavy (non-hydrogen) atoms. The van der Waals surface area contributed by atoms with Crippen LogP contribution >= 0.6 is 0 Å². The molecule has 3 fully saturated rings. The van der Waals surface area contributed by atoms with Gasteiger partial charge in [0.05, 0.1) is 28.2 Å². The number of hydrogen-bond acceptors (Lipinski definition) is 14. The van der Waals surface area contributed by atoms with Crippen LogP contribution in [0.25, 0.3) is 0 Å². The van der Waals surface area contributed by atoms with E-state index in [0.29, 0.717) is 0 Å². The molecule has 2 bridgehead atoms. The number of rotatable bonds is 9. The molecule has 2 saturated carbocycles. The monoisotopic (exact) mass is 710 g/mol. The van der Waals surface area contributed by atoms with Gasteiger partial charge in [-0.15, -0.1) is 0 Å². The Morgan fingerprint density at radius 1 is 0.667 bits per heavy atom. The third-order valence-corrected chi connectivity index (χ3v) is 9.96. The first kappa shape index (κ1) is 37.4. The second kappa shape index (κ2) is 13.7. The molecular weight excluding hydrogens is 668 g/mol. The molecule has 2 aromatic rings. The van der Waals surface area contributed by atoms with Crippen LogP contribution in [-0.4, -0.2) is 94.9 Å². The van der Waals surface area contributed by atoms with E-state index in [9.17, 15) is 33.9 Å². The fourth-order valence-corrected chi connectivity index (χ4v) is 8.39. The van der Waals surface area contributed by atoms with Gasteiger partial charge in [-0.3, -0.25) is 19.2 Å². The number of carbonyl (C=O) groups is 6. The molecule has 0 amide bonds. The second-order valence-corrected chi connectivity index (χ2v) is 13.9. The molecule has 0 aromatic heterocycles. The summed E-state index contributed by atoms with van der Waals surface area (Å²) in [6.45, 7) is 8.18. The summed E-state index contributed by atoms with van der Waals surface area (Å²) < 4.78 is 42.9. The van der Waals surface area contributed by atoms with Crippen molar-refractivity contribution in [2.75, 3.05) is 6.61 Å². The number of ether oxygens (including phenoxy) is 7. The minimum atomic E-state index is -2.32. The first-order chi connectivity index (χ1) is 23.9. The Morgan fingerprint density at radius 2 is 1.16 bits per heavy atom. The molecule has 14 nitrogen and oxygen atoms in total. The average Bonchev–Trinajstić information content (AvgIpc) is 3.24. The largest absolute Gasteiger partial charge is 0.465 e. The topological polar surface area (TPSA) is 187 Å². The van der Waals surface area contributed by atoms with Crippen molar-refractivity contribution in [3.05, 3.63) is 71.8 Å². The summed E-state index contributed by atoms with van der Waals surface area (Å²) in [5.41, 5.74) is -8.07. The van der Waals surface area contributed by atoms with Gasteiger partial charge in [-0.2, -0.15) is 0 Å². The van der Waals surface area contributed by atoms with Gasteiger partial charge in [0.25, 0.3) is 0 Å². The van der Waals surface area contributed by atoms with Crippen LogP contribution in [0.1, 0.15) is 75.6 Å². The summed E-state index contributed by atoms with van der Waals surface area (Å²) in [6, 6.07) is 15.6. The summed E-state index contributed by atoms with van der Waals surface area (Å²) in [6.07, 6.45) is -8.57. The van der Waals surface area contributed by atoms with E-state index < -0.39 is 107 Å². The van der Waals surface area contributed by atoms with Crippen LogP contribution < -0.4 is 0 Å². The van der Waals surface area contributed by atoms with E-state index in [1.807, 2.05) is 0 Å². The molecule has 9 atom stereocenters. The molecule has 1 saturated heterocycles. The SMILES string of the molecule is CC(=O)OC[C@]12[C@H](OC(=O)c3ccccc3)[C@H](OC(C)=O)[C@@H]3[C@H](OC(C)=O)[C@@]1(OC3(C)C)[C@@](C)(O)C[C@H](OC(C)=O)[C@H]2OC(=O)c1ccccc1. The van der Waals surface area contributed by atoms with Crippen LogP contribution in [-0.2, 0) is 52.3 Å². The predicted molar refractivity (Wildman–Crippen MR) is 174 cm³/mol. The maximum absolute atomic E-state index is 14.1. The third kappa shape index (κ3) is 6.46. The van der Waals surface area contributed by atoms with Crippen molar-refractivity contribution in [1.29, 1.82) is 0 Å². The van der Waals surface area contributed by atoms with Crippen molar-refractivity contribution < 1.29 is 67.0 Å². The Hall–Kier alpha value is -4.82. The van der Waals surface area contributed by atoms with Gasteiger partial charge in [0.15, 0.2) is 17.8 Å². The van der Waals surface area contributed by atoms with Crippen molar-refractivity contribution in [2.24, 2.45) is 11.3 Å². The van der Waals surface area contributed by atoms with Crippen molar-refractivity contribution in [3.63, 3.8) is 0 Å². The highest BCUT2D eigenvalue weighted by molar-refractivity contribution is 5.90. The smallest absolute Gasteiger partial charge is 0.338 e. The molecule has 0 radical (unpaired) electrons. The molecule has 5 rings (SSSR count). The lowest BCUT2D eigenvalue weighted by atomic mass is 9.45. The van der Waals surface area contributed by atoms with Gasteiger partial charge in [-0.05, 0) is 45.0 Å². The molecule has 1 spiro atoms. The fraction of sp³-hybridized carbons (Fsp3) is 0.514. The first-order valence-electron chi connectivity index (χ1n) is 16.5. The predicted octanol–water partition coefficient (Wildman–Crippen LogP) is 3.11. The minimum Gasteiger partial charge on any atom is -0.465 e. The normalized spacial score (nSPS) is 33.1. The van der Waals surface area contributed by atoms with Gasteiger partial charge >= 0.3 is 35.8 Å². The van der Waals surface area contributed by atoms with E-state index in [2.05, 4.69) is 0 Å². The van der Waals surface area contributed by atoms with Gasteiger partial charge in [0, 0.05) is 34.1 Å². The summed E-state index contributed by atoms with van der Waals surface area (Å²) >= 11 is 0. The molecular formula is C37H42O14. The number of fused-ring (bicyclic) bond motifs is 1. The Balaban J connectivity index is 1.91. The minimum absolute atomic E-state index is 0.0698. The van der Waals surface area contributed by atoms with E-state index in [0.717, 1.165) is 27.7 Å². The Labute approximate surface area is 294 Å². The standard InChI is InChI=1S/C37H42O14/c1-20(38)45-19-36-29(49-32(42)24-14-10-8-11-15-24)26(46-21(2)39)18-35(7,44)37(36)30(48-23(4)41)27(34(5,6)51-37)28(47-22(3)40)31(36)50-33(43)25-16-12-9-13-17-25/h8-17,26-31,44H,18-19H2,1-7H3/t26-,27+,28+,29+,30-,31+,35-,36-,37+/m0/s1. The first-order valence-corrected chi connectivity index (χ1v) is 16.5. The van der Waals surface area contributed by atoms with E-state index in [4.69, 9.17) is 33.2 Å². The highest BCUT2D eigenvalue weighted by Crippen LogP contribution is 2.69. The van der Waals surface area contributed by atoms with Crippen LogP contribution in [0.5, 0.6) is 0 Å². The van der Waals surface area contributed by atoms with E-state index in [-0.39, 0.29) is 11.1 Å². The summed E-state index contributed by atoms with van der Waals surface area (Å²) in [5, 5.41) is 12.7. The molecule has 1 heterocycles. The lowest BCUT2D eigenvalue weighted by molar-refractivity contribution is -0.361. The summed E-state index contributed by atoms with van der Waals surface area (Å²) in [7, 11) is 0. The van der Waals surface area contributed by atoms with Crippen LogP contribution in [0, 0.1) is 11.3 Å². The van der Waals surface area contributed by atoms with E-state index >= 15 is 0 Å². The van der Waals surface area contributed by atoms with Gasteiger partial charge < -0.3 is 38.3 Å². The zero-order valence-electron chi connectivity index (χ0n) is 29.4. The maximum Gasteiger partial charge on any atom is 0.338 e. The average molecular weight is 711 g/mol. The molecule has 2 aliphatic carbocycles. The van der Waals surface area contributed by atoms with Gasteiger partial charge in [-0.25, -0.2) is 9.59 Å². The summed E-state index contributed by atoms with van der Waals surface area (Å²) in [4.78, 5) is 79.4. The van der Waals surface area contributed by atoms with Gasteiger partial charge in [0.2, 0.25) is 0 Å². The van der Waals surface area contributed by atoms with Crippen LogP contribution in [0.3, 0.4) is 0 Å². The van der Waals surface area contributed by atoms with Crippen LogP contribution in [0.2, 0.25) is 0 Å². The van der Waals surface area contributed by atoms with Gasteiger partial charge in [0.1, 0.15) is 30.3 Å². The lowest BCUT2D eigenvalue weighted by Gasteiger charge is -2.66. The van der Waals surface area contributed by atoms with Crippen LogP contribution in [0.15, 0.2) is 60.7 Å². The van der Waals surface area contributed by atoms with E-state index in [1.165, 1.54) is 31.2 Å². The molecule has 274 valence electrons. The van der Waals surface area contributed by atoms with E-state index in [1.54, 1.807) is 50.2 Å². The van der Waals surface area contributed by atoms with Crippen molar-refractivity contribution in [3.8, 4) is 0 Å². The zero-order valence-corrected chi connectivity index (χ0v) is 29.4.